The van der Waals surface area contributed by atoms with Crippen molar-refractivity contribution >= 4 is 0 Å². The molecule has 0 aromatic carbocycles. The summed E-state index contributed by atoms with van der Waals surface area (Å²) in [6.07, 6.45) is 4.19. The average Bonchev–Trinajstić information content (AvgIpc) is 2.43. The van der Waals surface area contributed by atoms with Crippen LogP contribution < -0.4 is 5.32 Å². The van der Waals surface area contributed by atoms with E-state index in [9.17, 15) is 0 Å². The minimum Gasteiger partial charge on any atom is -0.313 e. The van der Waals surface area contributed by atoms with Crippen molar-refractivity contribution in [2.24, 2.45) is 11.3 Å². The van der Waals surface area contributed by atoms with Crippen LogP contribution in [0, 0.1) is 11.3 Å². The molecular formula is C18H37N3. The molecule has 1 saturated heterocycles. The van der Waals surface area contributed by atoms with E-state index >= 15 is 0 Å². The molecule has 3 nitrogen and oxygen atoms in total. The van der Waals surface area contributed by atoms with Crippen molar-refractivity contribution in [2.75, 3.05) is 39.3 Å². The number of nitrogens with one attached hydrogen (secondary N) is 1. The lowest BCUT2D eigenvalue weighted by atomic mass is 9.67. The van der Waals surface area contributed by atoms with Gasteiger partial charge in [0.2, 0.25) is 0 Å². The van der Waals surface area contributed by atoms with Gasteiger partial charge in [-0.25, -0.2) is 0 Å². The van der Waals surface area contributed by atoms with Crippen molar-refractivity contribution in [1.82, 2.24) is 15.1 Å². The van der Waals surface area contributed by atoms with E-state index in [2.05, 4.69) is 49.7 Å². The van der Waals surface area contributed by atoms with Crippen molar-refractivity contribution < 1.29 is 0 Å². The normalized spacial score (nSPS) is 31.7. The van der Waals surface area contributed by atoms with E-state index in [-0.39, 0.29) is 0 Å². The second kappa shape index (κ2) is 7.43. The Balaban J connectivity index is 1.89. The van der Waals surface area contributed by atoms with Gasteiger partial charge in [-0.2, -0.15) is 0 Å². The lowest BCUT2D eigenvalue weighted by Gasteiger charge is -2.47. The summed E-state index contributed by atoms with van der Waals surface area (Å²) in [5.74, 6) is 0.833. The maximum atomic E-state index is 3.80. The van der Waals surface area contributed by atoms with Crippen LogP contribution in [0.5, 0.6) is 0 Å². The van der Waals surface area contributed by atoms with Crippen LogP contribution >= 0.6 is 0 Å². The number of piperazine rings is 1. The molecular weight excluding hydrogens is 258 g/mol. The van der Waals surface area contributed by atoms with Crippen molar-refractivity contribution in [3.63, 3.8) is 0 Å². The molecule has 124 valence electrons. The zero-order valence-electron chi connectivity index (χ0n) is 15.0. The molecule has 1 heterocycles. The Hall–Kier alpha value is -0.120. The minimum atomic E-state index is 0.457. The molecule has 0 spiro atoms. The highest BCUT2D eigenvalue weighted by atomic mass is 15.3. The van der Waals surface area contributed by atoms with Crippen LogP contribution in [0.1, 0.15) is 53.9 Å². The zero-order chi connectivity index (χ0) is 15.5. The molecule has 1 N–H and O–H groups in total. The van der Waals surface area contributed by atoms with Gasteiger partial charge in [0.05, 0.1) is 0 Å². The summed E-state index contributed by atoms with van der Waals surface area (Å²) in [6, 6.07) is 1.40. The van der Waals surface area contributed by atoms with E-state index in [1.54, 1.807) is 0 Å². The van der Waals surface area contributed by atoms with Crippen LogP contribution in [-0.2, 0) is 0 Å². The first-order chi connectivity index (χ1) is 9.94. The molecule has 0 bridgehead atoms. The number of nitrogens with zero attached hydrogens (tertiary/aromatic N) is 2. The summed E-state index contributed by atoms with van der Waals surface area (Å²) in [5, 5.41) is 3.80. The number of hydrogen-bond donors (Lipinski definition) is 1. The molecule has 2 rings (SSSR count). The van der Waals surface area contributed by atoms with E-state index in [1.807, 2.05) is 0 Å². The van der Waals surface area contributed by atoms with E-state index in [0.717, 1.165) is 12.5 Å². The molecule has 1 aliphatic carbocycles. The van der Waals surface area contributed by atoms with Gasteiger partial charge in [0.1, 0.15) is 0 Å². The van der Waals surface area contributed by atoms with Gasteiger partial charge in [0.25, 0.3) is 0 Å². The Morgan fingerprint density at radius 1 is 1.14 bits per heavy atom. The summed E-state index contributed by atoms with van der Waals surface area (Å²) in [7, 11) is 0. The molecule has 0 radical (unpaired) electrons. The Labute approximate surface area is 132 Å². The third-order valence-electron chi connectivity index (χ3n) is 5.76. The van der Waals surface area contributed by atoms with E-state index in [4.69, 9.17) is 0 Å². The van der Waals surface area contributed by atoms with Gasteiger partial charge in [0.15, 0.2) is 0 Å². The van der Waals surface area contributed by atoms with Crippen LogP contribution in [0.3, 0.4) is 0 Å². The summed E-state index contributed by atoms with van der Waals surface area (Å²) in [6.45, 7) is 19.2. The highest BCUT2D eigenvalue weighted by Crippen LogP contribution is 2.39. The summed E-state index contributed by atoms with van der Waals surface area (Å²) < 4.78 is 0. The first kappa shape index (κ1) is 17.2. The van der Waals surface area contributed by atoms with Crippen LogP contribution in [0.2, 0.25) is 0 Å². The predicted octanol–water partition coefficient (Wildman–Crippen LogP) is 2.82. The SMILES string of the molecule is CCNC1C(CN2CCN(C(C)C)CC2)CCCC1(C)C. The third-order valence-corrected chi connectivity index (χ3v) is 5.76. The third kappa shape index (κ3) is 4.43. The standard InChI is InChI=1S/C18H37N3/c1-6-19-17-16(8-7-9-18(17,4)5)14-20-10-12-21(13-11-20)15(2)3/h15-17,19H,6-14H2,1-5H3. The smallest absolute Gasteiger partial charge is 0.0159 e. The fourth-order valence-electron chi connectivity index (χ4n) is 4.43. The first-order valence-electron chi connectivity index (χ1n) is 9.14. The molecule has 0 aromatic rings. The summed E-state index contributed by atoms with van der Waals surface area (Å²) in [4.78, 5) is 5.33. The fourth-order valence-corrected chi connectivity index (χ4v) is 4.43. The van der Waals surface area contributed by atoms with Gasteiger partial charge in [-0.15, -0.1) is 0 Å². The molecule has 2 aliphatic rings. The molecule has 1 aliphatic heterocycles. The van der Waals surface area contributed by atoms with Crippen LogP contribution in [0.15, 0.2) is 0 Å². The van der Waals surface area contributed by atoms with E-state index in [0.29, 0.717) is 17.5 Å². The zero-order valence-corrected chi connectivity index (χ0v) is 15.0. The average molecular weight is 296 g/mol. The molecule has 0 amide bonds. The largest absolute Gasteiger partial charge is 0.313 e. The minimum absolute atomic E-state index is 0.457. The molecule has 2 fully saturated rings. The molecule has 2 atom stereocenters. The van der Waals surface area contributed by atoms with Crippen LogP contribution in [0.25, 0.3) is 0 Å². The van der Waals surface area contributed by atoms with Gasteiger partial charge in [-0.05, 0) is 44.6 Å². The van der Waals surface area contributed by atoms with Gasteiger partial charge in [0, 0.05) is 44.8 Å². The molecule has 21 heavy (non-hydrogen) atoms. The van der Waals surface area contributed by atoms with Crippen molar-refractivity contribution in [1.29, 1.82) is 0 Å². The molecule has 2 unspecified atom stereocenters. The second-order valence-corrected chi connectivity index (χ2v) is 8.11. The predicted molar refractivity (Wildman–Crippen MR) is 91.7 cm³/mol. The van der Waals surface area contributed by atoms with Crippen molar-refractivity contribution in [2.45, 2.75) is 66.0 Å². The maximum absolute atomic E-state index is 3.80. The Morgan fingerprint density at radius 3 is 2.38 bits per heavy atom. The monoisotopic (exact) mass is 295 g/mol. The van der Waals surface area contributed by atoms with Gasteiger partial charge in [-0.3, -0.25) is 4.90 Å². The molecule has 1 saturated carbocycles. The van der Waals surface area contributed by atoms with Crippen LogP contribution in [0.4, 0.5) is 0 Å². The van der Waals surface area contributed by atoms with E-state index < -0.39 is 0 Å². The Kier molecular flexibility index (Phi) is 6.10. The number of rotatable bonds is 5. The van der Waals surface area contributed by atoms with Crippen LogP contribution in [-0.4, -0.2) is 61.2 Å². The molecule has 3 heteroatoms. The summed E-state index contributed by atoms with van der Waals surface area (Å²) >= 11 is 0. The van der Waals surface area contributed by atoms with Gasteiger partial charge >= 0.3 is 0 Å². The van der Waals surface area contributed by atoms with Crippen molar-refractivity contribution in [3.8, 4) is 0 Å². The van der Waals surface area contributed by atoms with Gasteiger partial charge < -0.3 is 10.2 Å². The summed E-state index contributed by atoms with van der Waals surface area (Å²) in [5.41, 5.74) is 0.457. The Morgan fingerprint density at radius 2 is 1.81 bits per heavy atom. The second-order valence-electron chi connectivity index (χ2n) is 8.11. The molecule has 0 aromatic heterocycles. The topological polar surface area (TPSA) is 18.5 Å². The van der Waals surface area contributed by atoms with E-state index in [1.165, 1.54) is 52.0 Å². The quantitative estimate of drug-likeness (QED) is 0.841. The maximum Gasteiger partial charge on any atom is 0.0159 e. The fraction of sp³-hybridized carbons (Fsp3) is 1.00. The van der Waals surface area contributed by atoms with Crippen molar-refractivity contribution in [3.05, 3.63) is 0 Å². The lowest BCUT2D eigenvalue weighted by molar-refractivity contribution is 0.0513. The first-order valence-corrected chi connectivity index (χ1v) is 9.14. The Bertz CT molecular complexity index is 306. The highest BCUT2D eigenvalue weighted by Gasteiger charge is 2.39. The number of hydrogen-bond acceptors (Lipinski definition) is 3. The van der Waals surface area contributed by atoms with Gasteiger partial charge in [-0.1, -0.05) is 27.2 Å². The highest BCUT2D eigenvalue weighted by molar-refractivity contribution is 4.94. The lowest BCUT2D eigenvalue weighted by Crippen LogP contribution is -2.55.